The fourth-order valence-corrected chi connectivity index (χ4v) is 3.81. The van der Waals surface area contributed by atoms with Gasteiger partial charge >= 0.3 is 0 Å². The van der Waals surface area contributed by atoms with E-state index in [1.807, 2.05) is 24.3 Å². The zero-order chi connectivity index (χ0) is 14.7. The maximum atomic E-state index is 12.1. The van der Waals surface area contributed by atoms with Gasteiger partial charge in [-0.15, -0.1) is 0 Å². The molecule has 3 rings (SSSR count). The summed E-state index contributed by atoms with van der Waals surface area (Å²) in [5.74, 6) is 0.0397. The lowest BCUT2D eigenvalue weighted by Crippen LogP contribution is -2.25. The van der Waals surface area contributed by atoms with Crippen LogP contribution in [0.2, 0.25) is 0 Å². The summed E-state index contributed by atoms with van der Waals surface area (Å²) in [6.07, 6.45) is 4.14. The maximum Gasteiger partial charge on any atom is 0.235 e. The highest BCUT2D eigenvalue weighted by Crippen LogP contribution is 2.20. The van der Waals surface area contributed by atoms with Crippen molar-refractivity contribution in [1.29, 1.82) is 0 Å². The van der Waals surface area contributed by atoms with Gasteiger partial charge in [-0.05, 0) is 43.4 Å². The van der Waals surface area contributed by atoms with E-state index in [1.54, 1.807) is 0 Å². The second kappa shape index (κ2) is 6.34. The van der Waals surface area contributed by atoms with Crippen LogP contribution < -0.4 is 10.0 Å². The number of sulfonamides is 1. The molecule has 0 bridgehead atoms. The molecule has 1 atom stereocenters. The average Bonchev–Trinajstić information content (AvgIpc) is 3.14. The first kappa shape index (κ1) is 14.8. The summed E-state index contributed by atoms with van der Waals surface area (Å²) in [5.41, 5.74) is 1.78. The molecule has 2 aliphatic rings. The first-order chi connectivity index (χ1) is 10.1. The Hall–Kier alpha value is -1.11. The molecule has 21 heavy (non-hydrogen) atoms. The van der Waals surface area contributed by atoms with E-state index in [0.29, 0.717) is 18.3 Å². The monoisotopic (exact) mass is 310 g/mol. The van der Waals surface area contributed by atoms with Crippen molar-refractivity contribution in [2.45, 2.75) is 44.4 Å². The molecule has 1 aliphatic carbocycles. The van der Waals surface area contributed by atoms with Crippen LogP contribution in [0.5, 0.6) is 0 Å². The zero-order valence-electron chi connectivity index (χ0n) is 12.0. The third-order valence-electron chi connectivity index (χ3n) is 3.83. The molecule has 5 nitrogen and oxygen atoms in total. The average molecular weight is 310 g/mol. The second-order valence-corrected chi connectivity index (χ2v) is 7.64. The van der Waals surface area contributed by atoms with Gasteiger partial charge in [0.15, 0.2) is 0 Å². The maximum absolute atomic E-state index is 12.1. The van der Waals surface area contributed by atoms with Crippen LogP contribution in [0.15, 0.2) is 24.3 Å². The fourth-order valence-electron chi connectivity index (χ4n) is 2.48. The smallest absolute Gasteiger partial charge is 0.235 e. The molecule has 1 aliphatic heterocycles. The molecule has 0 radical (unpaired) electrons. The SMILES string of the molecule is O=S(=O)(CC1CCCO1)Nc1ccc(CNC2CC2)cc1. The van der Waals surface area contributed by atoms with E-state index < -0.39 is 10.0 Å². The van der Waals surface area contributed by atoms with Crippen molar-refractivity contribution < 1.29 is 13.2 Å². The summed E-state index contributed by atoms with van der Waals surface area (Å²) in [7, 11) is -3.34. The van der Waals surface area contributed by atoms with Gasteiger partial charge in [0, 0.05) is 24.9 Å². The van der Waals surface area contributed by atoms with Crippen LogP contribution in [0.3, 0.4) is 0 Å². The predicted octanol–water partition coefficient (Wildman–Crippen LogP) is 1.86. The number of hydrogen-bond donors (Lipinski definition) is 2. The molecule has 116 valence electrons. The molecule has 0 aromatic heterocycles. The van der Waals surface area contributed by atoms with Gasteiger partial charge < -0.3 is 10.1 Å². The number of nitrogens with one attached hydrogen (secondary N) is 2. The van der Waals surface area contributed by atoms with Crippen molar-refractivity contribution in [3.8, 4) is 0 Å². The lowest BCUT2D eigenvalue weighted by atomic mass is 10.2. The van der Waals surface area contributed by atoms with Gasteiger partial charge in [-0.2, -0.15) is 0 Å². The van der Waals surface area contributed by atoms with Gasteiger partial charge in [0.2, 0.25) is 10.0 Å². The normalized spacial score (nSPS) is 22.4. The Morgan fingerprint density at radius 3 is 2.52 bits per heavy atom. The van der Waals surface area contributed by atoms with Gasteiger partial charge in [-0.25, -0.2) is 8.42 Å². The van der Waals surface area contributed by atoms with E-state index in [1.165, 1.54) is 18.4 Å². The quantitative estimate of drug-likeness (QED) is 0.806. The summed E-state index contributed by atoms with van der Waals surface area (Å²) in [6, 6.07) is 8.22. The number of ether oxygens (including phenoxy) is 1. The van der Waals surface area contributed by atoms with Crippen LogP contribution in [0.25, 0.3) is 0 Å². The minimum atomic E-state index is -3.34. The molecule has 2 fully saturated rings. The summed E-state index contributed by atoms with van der Waals surface area (Å²) < 4.78 is 32.1. The molecule has 0 spiro atoms. The van der Waals surface area contributed by atoms with Gasteiger partial charge in [0.25, 0.3) is 0 Å². The van der Waals surface area contributed by atoms with Crippen LogP contribution in [0.4, 0.5) is 5.69 Å². The van der Waals surface area contributed by atoms with Crippen molar-refractivity contribution in [2.75, 3.05) is 17.1 Å². The molecule has 1 saturated carbocycles. The van der Waals surface area contributed by atoms with Gasteiger partial charge in [-0.3, -0.25) is 4.72 Å². The Bertz CT molecular complexity index is 561. The number of benzene rings is 1. The van der Waals surface area contributed by atoms with Crippen molar-refractivity contribution in [1.82, 2.24) is 5.32 Å². The third kappa shape index (κ3) is 4.69. The number of anilines is 1. The molecule has 1 saturated heterocycles. The van der Waals surface area contributed by atoms with E-state index >= 15 is 0 Å². The molecule has 6 heteroatoms. The van der Waals surface area contributed by atoms with Gasteiger partial charge in [-0.1, -0.05) is 12.1 Å². The summed E-state index contributed by atoms with van der Waals surface area (Å²) in [6.45, 7) is 1.51. The Morgan fingerprint density at radius 1 is 1.14 bits per heavy atom. The number of rotatable bonds is 7. The van der Waals surface area contributed by atoms with Crippen molar-refractivity contribution in [3.05, 3.63) is 29.8 Å². The fraction of sp³-hybridized carbons (Fsp3) is 0.600. The standard InChI is InChI=1S/C15H22N2O3S/c18-21(19,11-15-2-1-9-20-15)17-14-5-3-12(4-6-14)10-16-13-7-8-13/h3-6,13,15-17H,1-2,7-11H2. The van der Waals surface area contributed by atoms with E-state index in [4.69, 9.17) is 4.74 Å². The summed E-state index contributed by atoms with van der Waals surface area (Å²) in [5, 5.41) is 3.43. The van der Waals surface area contributed by atoms with Crippen LogP contribution >= 0.6 is 0 Å². The Labute approximate surface area is 126 Å². The number of hydrogen-bond acceptors (Lipinski definition) is 4. The minimum absolute atomic E-state index is 0.0397. The molecule has 1 unspecified atom stereocenters. The van der Waals surface area contributed by atoms with Gasteiger partial charge in [0.1, 0.15) is 0 Å². The molecule has 1 heterocycles. The van der Waals surface area contributed by atoms with Crippen LogP contribution in [-0.2, 0) is 21.3 Å². The van der Waals surface area contributed by atoms with E-state index in [9.17, 15) is 8.42 Å². The van der Waals surface area contributed by atoms with Crippen molar-refractivity contribution in [2.24, 2.45) is 0 Å². The largest absolute Gasteiger partial charge is 0.377 e. The molecule has 0 amide bonds. The molecular weight excluding hydrogens is 288 g/mol. The topological polar surface area (TPSA) is 67.4 Å². The predicted molar refractivity (Wildman–Crippen MR) is 82.7 cm³/mol. The lowest BCUT2D eigenvalue weighted by molar-refractivity contribution is 0.127. The van der Waals surface area contributed by atoms with E-state index in [-0.39, 0.29) is 11.9 Å². The first-order valence-corrected chi connectivity index (χ1v) is 9.20. The highest BCUT2D eigenvalue weighted by Gasteiger charge is 2.23. The zero-order valence-corrected chi connectivity index (χ0v) is 12.9. The Kier molecular flexibility index (Phi) is 4.47. The van der Waals surface area contributed by atoms with Crippen LogP contribution in [0.1, 0.15) is 31.2 Å². The minimum Gasteiger partial charge on any atom is -0.377 e. The lowest BCUT2D eigenvalue weighted by Gasteiger charge is -2.12. The van der Waals surface area contributed by atoms with Crippen LogP contribution in [-0.4, -0.2) is 32.9 Å². The molecule has 1 aromatic rings. The Morgan fingerprint density at radius 2 is 1.90 bits per heavy atom. The molecule has 1 aromatic carbocycles. The second-order valence-electron chi connectivity index (χ2n) is 5.87. The Balaban J connectivity index is 1.53. The van der Waals surface area contributed by atoms with Gasteiger partial charge in [0.05, 0.1) is 11.9 Å². The van der Waals surface area contributed by atoms with E-state index in [0.717, 1.165) is 19.4 Å². The van der Waals surface area contributed by atoms with Crippen molar-refractivity contribution in [3.63, 3.8) is 0 Å². The van der Waals surface area contributed by atoms with Crippen molar-refractivity contribution >= 4 is 15.7 Å². The first-order valence-electron chi connectivity index (χ1n) is 7.55. The molecular formula is C15H22N2O3S. The highest BCUT2D eigenvalue weighted by molar-refractivity contribution is 7.92. The third-order valence-corrected chi connectivity index (χ3v) is 5.19. The highest BCUT2D eigenvalue weighted by atomic mass is 32.2. The van der Waals surface area contributed by atoms with E-state index in [2.05, 4.69) is 10.0 Å². The summed E-state index contributed by atoms with van der Waals surface area (Å²) in [4.78, 5) is 0. The van der Waals surface area contributed by atoms with Crippen LogP contribution in [0, 0.1) is 0 Å². The summed E-state index contributed by atoms with van der Waals surface area (Å²) >= 11 is 0. The molecule has 2 N–H and O–H groups in total.